The summed E-state index contributed by atoms with van der Waals surface area (Å²) in [6.45, 7) is -0.284. The first-order valence-electron chi connectivity index (χ1n) is 4.92. The average molecular weight is 410 g/mol. The molecule has 0 aliphatic heterocycles. The van der Waals surface area contributed by atoms with E-state index in [1.54, 1.807) is 6.07 Å². The van der Waals surface area contributed by atoms with E-state index in [4.69, 9.17) is 4.74 Å². The maximum absolute atomic E-state index is 11.8. The molecule has 18 heavy (non-hydrogen) atoms. The summed E-state index contributed by atoms with van der Waals surface area (Å²) in [5, 5.41) is 0. The molecule has 0 spiro atoms. The standard InChI is InChI=1S/C10H9Br2F3O2S/c11-8-4-6(9(12)18-8)7(16)5-17-3-1-2-10(13,14)15/h4H,1-3,5H2. The Hall–Kier alpha value is 0.0800. The fraction of sp³-hybridized carbons (Fsp3) is 0.500. The summed E-state index contributed by atoms with van der Waals surface area (Å²) in [6.07, 6.45) is -5.20. The van der Waals surface area contributed by atoms with Crippen LogP contribution in [0.3, 0.4) is 0 Å². The van der Waals surface area contributed by atoms with Gasteiger partial charge in [-0.3, -0.25) is 4.79 Å². The zero-order valence-corrected chi connectivity index (χ0v) is 13.0. The lowest BCUT2D eigenvalue weighted by Crippen LogP contribution is -2.12. The molecule has 0 saturated heterocycles. The topological polar surface area (TPSA) is 26.3 Å². The minimum Gasteiger partial charge on any atom is -0.373 e. The SMILES string of the molecule is O=C(COCCCC(F)(F)F)c1cc(Br)sc1Br. The van der Waals surface area contributed by atoms with Crippen LogP contribution in [0.4, 0.5) is 13.2 Å². The Balaban J connectivity index is 2.28. The zero-order chi connectivity index (χ0) is 13.8. The van der Waals surface area contributed by atoms with E-state index in [0.29, 0.717) is 9.35 Å². The van der Waals surface area contributed by atoms with Crippen molar-refractivity contribution in [3.8, 4) is 0 Å². The van der Waals surface area contributed by atoms with Crippen molar-refractivity contribution in [3.63, 3.8) is 0 Å². The van der Waals surface area contributed by atoms with Gasteiger partial charge in [-0.25, -0.2) is 0 Å². The normalized spacial score (nSPS) is 11.8. The lowest BCUT2D eigenvalue weighted by atomic mass is 10.2. The third kappa shape index (κ3) is 5.81. The number of carbonyl (C=O) groups excluding carboxylic acids is 1. The highest BCUT2D eigenvalue weighted by atomic mass is 79.9. The van der Waals surface area contributed by atoms with Crippen LogP contribution in [0.1, 0.15) is 23.2 Å². The molecule has 0 aliphatic rings. The molecule has 0 unspecified atom stereocenters. The Bertz CT molecular complexity index is 418. The maximum Gasteiger partial charge on any atom is 0.389 e. The molecule has 0 radical (unpaired) electrons. The summed E-state index contributed by atoms with van der Waals surface area (Å²) in [4.78, 5) is 11.6. The molecule has 8 heteroatoms. The second-order valence-electron chi connectivity index (χ2n) is 3.43. The van der Waals surface area contributed by atoms with Gasteiger partial charge in [0.05, 0.1) is 7.57 Å². The Labute approximate surface area is 123 Å². The van der Waals surface area contributed by atoms with Gasteiger partial charge in [0, 0.05) is 18.6 Å². The van der Waals surface area contributed by atoms with Crippen molar-refractivity contribution >= 4 is 49.0 Å². The van der Waals surface area contributed by atoms with E-state index in [0.717, 1.165) is 3.79 Å². The second-order valence-corrected chi connectivity index (χ2v) is 7.18. The van der Waals surface area contributed by atoms with E-state index in [-0.39, 0.29) is 25.4 Å². The Morgan fingerprint density at radius 2 is 2.06 bits per heavy atom. The van der Waals surface area contributed by atoms with Gasteiger partial charge in [-0.2, -0.15) is 13.2 Å². The lowest BCUT2D eigenvalue weighted by Gasteiger charge is -2.06. The highest BCUT2D eigenvalue weighted by Crippen LogP contribution is 2.32. The molecule has 0 N–H and O–H groups in total. The van der Waals surface area contributed by atoms with Crippen molar-refractivity contribution in [2.24, 2.45) is 0 Å². The Morgan fingerprint density at radius 1 is 1.39 bits per heavy atom. The van der Waals surface area contributed by atoms with Crippen molar-refractivity contribution < 1.29 is 22.7 Å². The number of ether oxygens (including phenoxy) is 1. The molecule has 1 aromatic heterocycles. The van der Waals surface area contributed by atoms with E-state index in [9.17, 15) is 18.0 Å². The van der Waals surface area contributed by atoms with Crippen molar-refractivity contribution in [3.05, 3.63) is 19.2 Å². The van der Waals surface area contributed by atoms with Gasteiger partial charge in [-0.15, -0.1) is 11.3 Å². The highest BCUT2D eigenvalue weighted by molar-refractivity contribution is 9.12. The molecule has 0 aromatic carbocycles. The smallest absolute Gasteiger partial charge is 0.373 e. The fourth-order valence-corrected chi connectivity index (χ4v) is 4.00. The van der Waals surface area contributed by atoms with Crippen molar-refractivity contribution in [2.45, 2.75) is 19.0 Å². The van der Waals surface area contributed by atoms with Crippen molar-refractivity contribution in [2.75, 3.05) is 13.2 Å². The number of carbonyl (C=O) groups is 1. The number of hydrogen-bond acceptors (Lipinski definition) is 3. The van der Waals surface area contributed by atoms with Gasteiger partial charge in [0.25, 0.3) is 0 Å². The first-order valence-corrected chi connectivity index (χ1v) is 7.32. The van der Waals surface area contributed by atoms with Crippen LogP contribution in [0, 0.1) is 0 Å². The summed E-state index contributed by atoms with van der Waals surface area (Å²) in [5.74, 6) is -0.254. The van der Waals surface area contributed by atoms with Gasteiger partial charge in [-0.05, 0) is 44.3 Å². The largest absolute Gasteiger partial charge is 0.389 e. The van der Waals surface area contributed by atoms with Crippen LogP contribution in [0.5, 0.6) is 0 Å². The summed E-state index contributed by atoms with van der Waals surface area (Å²) in [7, 11) is 0. The molecule has 0 aliphatic carbocycles. The molecule has 102 valence electrons. The van der Waals surface area contributed by atoms with Crippen molar-refractivity contribution in [1.29, 1.82) is 0 Å². The number of alkyl halides is 3. The summed E-state index contributed by atoms with van der Waals surface area (Å²) >= 11 is 7.82. The minimum atomic E-state index is -4.17. The van der Waals surface area contributed by atoms with Gasteiger partial charge in [0.1, 0.15) is 6.61 Å². The Kier molecular flexibility index (Phi) is 6.29. The van der Waals surface area contributed by atoms with Crippen LogP contribution in [-0.4, -0.2) is 25.2 Å². The lowest BCUT2D eigenvalue weighted by molar-refractivity contribution is -0.137. The van der Waals surface area contributed by atoms with Crippen LogP contribution in [0.15, 0.2) is 13.6 Å². The van der Waals surface area contributed by atoms with Crippen LogP contribution in [0.25, 0.3) is 0 Å². The molecule has 1 heterocycles. The fourth-order valence-electron chi connectivity index (χ4n) is 1.15. The van der Waals surface area contributed by atoms with Gasteiger partial charge in [0.2, 0.25) is 0 Å². The molecule has 0 fully saturated rings. The minimum absolute atomic E-state index is 0.0752. The maximum atomic E-state index is 11.8. The predicted octanol–water partition coefficient (Wildman–Crippen LogP) is 4.81. The van der Waals surface area contributed by atoms with Gasteiger partial charge in [0.15, 0.2) is 5.78 Å². The van der Waals surface area contributed by atoms with E-state index < -0.39 is 12.6 Å². The molecule has 1 rings (SSSR count). The summed E-state index contributed by atoms with van der Waals surface area (Å²) in [5.41, 5.74) is 0.475. The molecule has 0 atom stereocenters. The van der Waals surface area contributed by atoms with Gasteiger partial charge in [-0.1, -0.05) is 0 Å². The van der Waals surface area contributed by atoms with Crippen LogP contribution in [-0.2, 0) is 4.74 Å². The number of Topliss-reactive ketones (excluding diaryl/α,β-unsaturated/α-hetero) is 1. The van der Waals surface area contributed by atoms with E-state index in [2.05, 4.69) is 31.9 Å². The number of hydrogen-bond donors (Lipinski definition) is 0. The number of rotatable bonds is 6. The summed E-state index contributed by atoms with van der Waals surface area (Å²) < 4.78 is 41.9. The van der Waals surface area contributed by atoms with Gasteiger partial charge >= 0.3 is 6.18 Å². The molecular formula is C10H9Br2F3O2S. The molecule has 2 nitrogen and oxygen atoms in total. The summed E-state index contributed by atoms with van der Waals surface area (Å²) in [6, 6.07) is 1.65. The molecule has 0 saturated carbocycles. The first-order chi connectivity index (χ1) is 8.29. The number of ketones is 1. The van der Waals surface area contributed by atoms with E-state index in [1.165, 1.54) is 11.3 Å². The highest BCUT2D eigenvalue weighted by Gasteiger charge is 2.26. The van der Waals surface area contributed by atoms with E-state index >= 15 is 0 Å². The molecule has 0 amide bonds. The number of halogens is 5. The average Bonchev–Trinajstić information content (AvgIpc) is 2.55. The van der Waals surface area contributed by atoms with E-state index in [1.807, 2.05) is 0 Å². The zero-order valence-electron chi connectivity index (χ0n) is 9.02. The van der Waals surface area contributed by atoms with Gasteiger partial charge < -0.3 is 4.74 Å². The molecule has 1 aromatic rings. The number of thiophene rings is 1. The van der Waals surface area contributed by atoms with Crippen LogP contribution in [0.2, 0.25) is 0 Å². The quantitative estimate of drug-likeness (QED) is 0.497. The monoisotopic (exact) mass is 408 g/mol. The van der Waals surface area contributed by atoms with Crippen LogP contribution >= 0.6 is 43.2 Å². The third-order valence-electron chi connectivity index (χ3n) is 1.94. The molecule has 0 bridgehead atoms. The van der Waals surface area contributed by atoms with Crippen LogP contribution < -0.4 is 0 Å². The Morgan fingerprint density at radius 3 is 2.56 bits per heavy atom. The molecular weight excluding hydrogens is 401 g/mol. The third-order valence-corrected chi connectivity index (χ3v) is 4.28. The second kappa shape index (κ2) is 7.02. The predicted molar refractivity (Wildman–Crippen MR) is 70.2 cm³/mol. The first kappa shape index (κ1) is 16.1. The van der Waals surface area contributed by atoms with Crippen molar-refractivity contribution in [1.82, 2.24) is 0 Å².